The summed E-state index contributed by atoms with van der Waals surface area (Å²) in [6.45, 7) is 5.98. The smallest absolute Gasteiger partial charge is 0.00272 e. The summed E-state index contributed by atoms with van der Waals surface area (Å²) in [5.74, 6) is 5.53. The van der Waals surface area contributed by atoms with E-state index in [1.165, 1.54) is 64.2 Å². The lowest BCUT2D eigenvalue weighted by molar-refractivity contribution is 0.289. The SMILES string of the molecule is C=CCCC1CC[C](C2CC[C](/C=C/C)CC2)CC1. The summed E-state index contributed by atoms with van der Waals surface area (Å²) >= 11 is 0. The Morgan fingerprint density at radius 2 is 1.74 bits per heavy atom. The van der Waals surface area contributed by atoms with Crippen molar-refractivity contribution in [2.75, 3.05) is 0 Å². The molecule has 0 amide bonds. The van der Waals surface area contributed by atoms with E-state index in [1.54, 1.807) is 5.92 Å². The fourth-order valence-corrected chi connectivity index (χ4v) is 3.90. The van der Waals surface area contributed by atoms with Crippen LogP contribution in [0.2, 0.25) is 0 Å². The monoisotopic (exact) mass is 258 g/mol. The molecule has 0 heteroatoms. The van der Waals surface area contributed by atoms with Gasteiger partial charge in [-0.25, -0.2) is 0 Å². The van der Waals surface area contributed by atoms with E-state index in [1.807, 2.05) is 5.92 Å². The van der Waals surface area contributed by atoms with Crippen LogP contribution in [-0.4, -0.2) is 0 Å². The Kier molecular flexibility index (Phi) is 6.20. The summed E-state index contributed by atoms with van der Waals surface area (Å²) in [6.07, 6.45) is 20.5. The van der Waals surface area contributed by atoms with Crippen molar-refractivity contribution in [2.24, 2.45) is 11.8 Å². The largest absolute Gasteiger partial charge is 0.103 e. The summed E-state index contributed by atoms with van der Waals surface area (Å²) in [6, 6.07) is 0. The molecule has 2 rings (SSSR count). The first-order valence-corrected chi connectivity index (χ1v) is 8.26. The molecule has 2 saturated carbocycles. The van der Waals surface area contributed by atoms with Gasteiger partial charge in [0.15, 0.2) is 0 Å². The van der Waals surface area contributed by atoms with Gasteiger partial charge >= 0.3 is 0 Å². The first-order chi connectivity index (χ1) is 9.33. The van der Waals surface area contributed by atoms with E-state index in [4.69, 9.17) is 0 Å². The van der Waals surface area contributed by atoms with Gasteiger partial charge in [0.2, 0.25) is 0 Å². The quantitative estimate of drug-likeness (QED) is 0.526. The van der Waals surface area contributed by atoms with Gasteiger partial charge in [-0.2, -0.15) is 0 Å². The van der Waals surface area contributed by atoms with Crippen molar-refractivity contribution in [1.82, 2.24) is 0 Å². The highest BCUT2D eigenvalue weighted by Crippen LogP contribution is 2.44. The normalized spacial score (nSPS) is 25.1. The van der Waals surface area contributed by atoms with Crippen LogP contribution in [-0.2, 0) is 0 Å². The highest BCUT2D eigenvalue weighted by Gasteiger charge is 2.30. The average molecular weight is 258 g/mol. The van der Waals surface area contributed by atoms with Crippen molar-refractivity contribution >= 4 is 0 Å². The van der Waals surface area contributed by atoms with Crippen LogP contribution >= 0.6 is 0 Å². The first-order valence-electron chi connectivity index (χ1n) is 8.26. The molecule has 0 aromatic carbocycles. The molecule has 0 heterocycles. The van der Waals surface area contributed by atoms with Gasteiger partial charge in [0.1, 0.15) is 0 Å². The second kappa shape index (κ2) is 7.92. The van der Waals surface area contributed by atoms with Gasteiger partial charge < -0.3 is 0 Å². The van der Waals surface area contributed by atoms with Crippen molar-refractivity contribution in [3.8, 4) is 0 Å². The maximum absolute atomic E-state index is 3.84. The molecule has 0 unspecified atom stereocenters. The lowest BCUT2D eigenvalue weighted by Crippen LogP contribution is -2.23. The van der Waals surface area contributed by atoms with Gasteiger partial charge in [0.05, 0.1) is 0 Å². The van der Waals surface area contributed by atoms with E-state index in [-0.39, 0.29) is 0 Å². The van der Waals surface area contributed by atoms with Crippen molar-refractivity contribution in [3.63, 3.8) is 0 Å². The van der Waals surface area contributed by atoms with Crippen LogP contribution in [0.3, 0.4) is 0 Å². The number of allylic oxidation sites excluding steroid dienone is 3. The minimum Gasteiger partial charge on any atom is -0.103 e. The Labute approximate surface area is 120 Å². The Hall–Kier alpha value is -0.520. The lowest BCUT2D eigenvalue weighted by atomic mass is 9.68. The molecule has 2 fully saturated rings. The Bertz CT molecular complexity index is 272. The second-order valence-electron chi connectivity index (χ2n) is 6.40. The van der Waals surface area contributed by atoms with Gasteiger partial charge in [0.25, 0.3) is 0 Å². The summed E-state index contributed by atoms with van der Waals surface area (Å²) in [5.41, 5.74) is 0. The maximum Gasteiger partial charge on any atom is -0.00272 e. The van der Waals surface area contributed by atoms with Crippen LogP contribution < -0.4 is 0 Å². The molecule has 0 aliphatic heterocycles. The Morgan fingerprint density at radius 1 is 1.05 bits per heavy atom. The molecule has 0 saturated heterocycles. The van der Waals surface area contributed by atoms with E-state index in [0.717, 1.165) is 11.8 Å². The van der Waals surface area contributed by atoms with Crippen molar-refractivity contribution in [3.05, 3.63) is 36.6 Å². The number of hydrogen-bond donors (Lipinski definition) is 0. The van der Waals surface area contributed by atoms with E-state index in [9.17, 15) is 0 Å². The highest BCUT2D eigenvalue weighted by molar-refractivity contribution is 5.14. The molecular weight excluding hydrogens is 228 g/mol. The molecule has 0 N–H and O–H groups in total. The van der Waals surface area contributed by atoms with E-state index < -0.39 is 0 Å². The van der Waals surface area contributed by atoms with Gasteiger partial charge in [-0.1, -0.05) is 18.2 Å². The standard InChI is InChI=1S/C19H30/c1-3-5-7-17-10-14-19(15-11-17)18-12-8-16(6-4-2)9-13-18/h3-4,6,17-18H,1,5,7-15H2,2H3/b6-4+. The molecule has 0 nitrogen and oxygen atoms in total. The topological polar surface area (TPSA) is 0 Å². The van der Waals surface area contributed by atoms with Crippen molar-refractivity contribution < 1.29 is 0 Å². The molecule has 0 aromatic rings. The third-order valence-corrected chi connectivity index (χ3v) is 5.13. The van der Waals surface area contributed by atoms with Gasteiger partial charge in [-0.3, -0.25) is 0 Å². The second-order valence-corrected chi connectivity index (χ2v) is 6.40. The molecule has 2 radical (unpaired) electrons. The molecule has 0 atom stereocenters. The zero-order chi connectivity index (χ0) is 13.5. The molecule has 0 aromatic heterocycles. The third-order valence-electron chi connectivity index (χ3n) is 5.13. The van der Waals surface area contributed by atoms with Crippen molar-refractivity contribution in [2.45, 2.75) is 71.1 Å². The predicted octanol–water partition coefficient (Wildman–Crippen LogP) is 6.06. The molecular formula is C19H30. The fourth-order valence-electron chi connectivity index (χ4n) is 3.90. The summed E-state index contributed by atoms with van der Waals surface area (Å²) in [7, 11) is 0. The zero-order valence-electron chi connectivity index (χ0n) is 12.7. The van der Waals surface area contributed by atoms with Gasteiger partial charge in [-0.05, 0) is 94.8 Å². The third kappa shape index (κ3) is 4.51. The van der Waals surface area contributed by atoms with Crippen LogP contribution in [0.15, 0.2) is 24.8 Å². The van der Waals surface area contributed by atoms with Crippen LogP contribution in [0, 0.1) is 23.7 Å². The summed E-state index contributed by atoms with van der Waals surface area (Å²) in [4.78, 5) is 0. The van der Waals surface area contributed by atoms with E-state index in [2.05, 4.69) is 31.7 Å². The summed E-state index contributed by atoms with van der Waals surface area (Å²) < 4.78 is 0. The fraction of sp³-hybridized carbons (Fsp3) is 0.684. The minimum atomic E-state index is 0.953. The van der Waals surface area contributed by atoms with Crippen LogP contribution in [0.25, 0.3) is 0 Å². The van der Waals surface area contributed by atoms with E-state index >= 15 is 0 Å². The average Bonchev–Trinajstić information content (AvgIpc) is 2.47. The van der Waals surface area contributed by atoms with Crippen LogP contribution in [0.4, 0.5) is 0 Å². The minimum absolute atomic E-state index is 0.953. The van der Waals surface area contributed by atoms with Gasteiger partial charge in [-0.15, -0.1) is 6.58 Å². The zero-order valence-corrected chi connectivity index (χ0v) is 12.7. The van der Waals surface area contributed by atoms with Crippen LogP contribution in [0.1, 0.15) is 71.1 Å². The Balaban J connectivity index is 1.69. The van der Waals surface area contributed by atoms with Gasteiger partial charge in [0, 0.05) is 0 Å². The molecule has 19 heavy (non-hydrogen) atoms. The summed E-state index contributed by atoms with van der Waals surface area (Å²) in [5, 5.41) is 0. The molecule has 106 valence electrons. The van der Waals surface area contributed by atoms with Crippen molar-refractivity contribution in [1.29, 1.82) is 0 Å². The molecule has 0 spiro atoms. The molecule has 2 aliphatic carbocycles. The molecule has 0 bridgehead atoms. The van der Waals surface area contributed by atoms with E-state index in [0.29, 0.717) is 0 Å². The number of rotatable bonds is 5. The first kappa shape index (κ1) is 14.9. The Morgan fingerprint density at radius 3 is 2.32 bits per heavy atom. The van der Waals surface area contributed by atoms with Crippen LogP contribution in [0.5, 0.6) is 0 Å². The predicted molar refractivity (Wildman–Crippen MR) is 84.6 cm³/mol. The number of hydrogen-bond acceptors (Lipinski definition) is 0. The molecule has 2 aliphatic rings. The highest BCUT2D eigenvalue weighted by atomic mass is 14.3. The lowest BCUT2D eigenvalue weighted by Gasteiger charge is -2.36. The maximum atomic E-state index is 3.84.